The lowest BCUT2D eigenvalue weighted by atomic mass is 9.87. The molecule has 15 heavy (non-hydrogen) atoms. The molecule has 1 amide bonds. The van der Waals surface area contributed by atoms with E-state index in [-0.39, 0.29) is 0 Å². The minimum atomic E-state index is -0.851. The molecule has 80 valence electrons. The fraction of sp³-hybridized carbons (Fsp3) is 0.364. The molecule has 3 N–H and O–H groups in total. The van der Waals surface area contributed by atoms with Crippen molar-refractivity contribution in [2.75, 3.05) is 0 Å². The molecule has 1 aromatic rings. The van der Waals surface area contributed by atoms with Crippen LogP contribution in [-0.2, 0) is 11.2 Å². The van der Waals surface area contributed by atoms with Gasteiger partial charge in [0.05, 0.1) is 6.10 Å². The van der Waals surface area contributed by atoms with Crippen molar-refractivity contribution < 1.29 is 14.6 Å². The maximum atomic E-state index is 10.7. The van der Waals surface area contributed by atoms with Crippen molar-refractivity contribution in [3.05, 3.63) is 35.4 Å². The number of hydrogen-bond donors (Lipinski definition) is 2. The van der Waals surface area contributed by atoms with E-state index in [4.69, 9.17) is 10.5 Å². The van der Waals surface area contributed by atoms with Crippen molar-refractivity contribution in [2.45, 2.75) is 25.0 Å². The Morgan fingerprint density at radius 1 is 1.47 bits per heavy atom. The van der Waals surface area contributed by atoms with Crippen molar-refractivity contribution in [2.24, 2.45) is 5.73 Å². The second kappa shape index (κ2) is 3.90. The Labute approximate surface area is 87.7 Å². The summed E-state index contributed by atoms with van der Waals surface area (Å²) < 4.78 is 4.92. The fourth-order valence-electron chi connectivity index (χ4n) is 1.97. The minimum Gasteiger partial charge on any atom is -0.439 e. The molecule has 0 aliphatic heterocycles. The topological polar surface area (TPSA) is 72.6 Å². The van der Waals surface area contributed by atoms with Gasteiger partial charge in [-0.1, -0.05) is 24.3 Å². The molecule has 0 aromatic heterocycles. The third-order valence-electron chi connectivity index (χ3n) is 2.66. The molecule has 0 fully saturated rings. The molecule has 0 radical (unpaired) electrons. The molecule has 2 atom stereocenters. The lowest BCUT2D eigenvalue weighted by molar-refractivity contribution is -0.00511. The number of amides is 1. The van der Waals surface area contributed by atoms with Gasteiger partial charge in [0.2, 0.25) is 0 Å². The molecule has 4 heteroatoms. The summed E-state index contributed by atoms with van der Waals surface area (Å²) in [7, 11) is 0. The zero-order valence-corrected chi connectivity index (χ0v) is 8.22. The molecule has 0 saturated carbocycles. The van der Waals surface area contributed by atoms with Crippen LogP contribution < -0.4 is 5.73 Å². The Morgan fingerprint density at radius 3 is 2.93 bits per heavy atom. The van der Waals surface area contributed by atoms with E-state index in [9.17, 15) is 9.90 Å². The zero-order valence-electron chi connectivity index (χ0n) is 8.22. The highest BCUT2D eigenvalue weighted by atomic mass is 16.6. The molecule has 1 aromatic carbocycles. The van der Waals surface area contributed by atoms with E-state index in [0.29, 0.717) is 6.42 Å². The Hall–Kier alpha value is -1.55. The van der Waals surface area contributed by atoms with E-state index in [0.717, 1.165) is 17.5 Å². The van der Waals surface area contributed by atoms with E-state index in [1.54, 1.807) is 0 Å². The van der Waals surface area contributed by atoms with Crippen LogP contribution in [0.5, 0.6) is 0 Å². The van der Waals surface area contributed by atoms with Crippen LogP contribution in [0.2, 0.25) is 0 Å². The third kappa shape index (κ3) is 1.94. The number of fused-ring (bicyclic) bond motifs is 1. The molecule has 0 saturated heterocycles. The molecule has 4 nitrogen and oxygen atoms in total. The highest BCUT2D eigenvalue weighted by Gasteiger charge is 2.30. The van der Waals surface area contributed by atoms with E-state index in [1.165, 1.54) is 0 Å². The molecule has 1 aliphatic rings. The molecule has 0 spiro atoms. The highest BCUT2D eigenvalue weighted by molar-refractivity contribution is 5.65. The number of primary amides is 1. The van der Waals surface area contributed by atoms with Crippen LogP contribution in [0.25, 0.3) is 0 Å². The standard InChI is InChI=1S/C11H13NO3/c12-11(14)15-10-8-4-2-1-3-7(8)5-6-9(10)13/h1-4,9-10,13H,5-6H2,(H2,12,14). The van der Waals surface area contributed by atoms with Crippen LogP contribution in [0, 0.1) is 0 Å². The van der Waals surface area contributed by atoms with Crippen molar-refractivity contribution in [3.8, 4) is 0 Å². The number of ether oxygens (including phenoxy) is 1. The largest absolute Gasteiger partial charge is 0.439 e. The highest BCUT2D eigenvalue weighted by Crippen LogP contribution is 2.32. The van der Waals surface area contributed by atoms with Gasteiger partial charge in [-0.2, -0.15) is 0 Å². The van der Waals surface area contributed by atoms with Gasteiger partial charge in [-0.3, -0.25) is 0 Å². The zero-order chi connectivity index (χ0) is 10.8. The number of benzene rings is 1. The predicted molar refractivity (Wildman–Crippen MR) is 54.2 cm³/mol. The number of carbonyl (C=O) groups is 1. The lowest BCUT2D eigenvalue weighted by Crippen LogP contribution is -2.30. The Morgan fingerprint density at radius 2 is 2.20 bits per heavy atom. The van der Waals surface area contributed by atoms with Crippen molar-refractivity contribution in [1.29, 1.82) is 0 Å². The number of carbonyl (C=O) groups excluding carboxylic acids is 1. The van der Waals surface area contributed by atoms with E-state index < -0.39 is 18.3 Å². The van der Waals surface area contributed by atoms with Gasteiger partial charge in [-0.05, 0) is 24.0 Å². The van der Waals surface area contributed by atoms with Crippen LogP contribution in [0.3, 0.4) is 0 Å². The van der Waals surface area contributed by atoms with Gasteiger partial charge in [0.1, 0.15) is 0 Å². The first-order valence-electron chi connectivity index (χ1n) is 4.90. The van der Waals surface area contributed by atoms with E-state index in [1.807, 2.05) is 24.3 Å². The molecule has 0 bridgehead atoms. The van der Waals surface area contributed by atoms with Gasteiger partial charge in [0.15, 0.2) is 6.10 Å². The first-order chi connectivity index (χ1) is 7.18. The summed E-state index contributed by atoms with van der Waals surface area (Å²) >= 11 is 0. The number of aliphatic hydroxyl groups excluding tert-OH is 1. The molecule has 2 unspecified atom stereocenters. The van der Waals surface area contributed by atoms with Gasteiger partial charge in [-0.25, -0.2) is 4.79 Å². The summed E-state index contributed by atoms with van der Waals surface area (Å²) in [5.41, 5.74) is 6.93. The Balaban J connectivity index is 2.32. The van der Waals surface area contributed by atoms with Crippen LogP contribution in [0.15, 0.2) is 24.3 Å². The summed E-state index contributed by atoms with van der Waals surface area (Å²) in [6.07, 6.45) is -0.735. The number of rotatable bonds is 1. The lowest BCUT2D eigenvalue weighted by Gasteiger charge is -2.29. The summed E-state index contributed by atoms with van der Waals surface area (Å²) in [6.45, 7) is 0. The maximum Gasteiger partial charge on any atom is 0.405 e. The average Bonchev–Trinajstić information content (AvgIpc) is 2.22. The number of aryl methyl sites for hydroxylation is 1. The normalized spacial score (nSPS) is 24.3. The molecule has 0 heterocycles. The minimum absolute atomic E-state index is 0.592. The predicted octanol–water partition coefficient (Wildman–Crippen LogP) is 1.13. The van der Waals surface area contributed by atoms with Crippen molar-refractivity contribution in [3.63, 3.8) is 0 Å². The first kappa shape index (κ1) is 9.98. The van der Waals surface area contributed by atoms with Gasteiger partial charge >= 0.3 is 6.09 Å². The Bertz CT molecular complexity index is 378. The summed E-state index contributed by atoms with van der Waals surface area (Å²) in [5.74, 6) is 0. The summed E-state index contributed by atoms with van der Waals surface area (Å²) in [4.78, 5) is 10.7. The number of nitrogens with two attached hydrogens (primary N) is 1. The maximum absolute atomic E-state index is 10.7. The molecule has 2 rings (SSSR count). The van der Waals surface area contributed by atoms with Gasteiger partial charge in [-0.15, -0.1) is 0 Å². The summed E-state index contributed by atoms with van der Waals surface area (Å²) in [6, 6.07) is 7.61. The number of aliphatic hydroxyl groups is 1. The van der Waals surface area contributed by atoms with Gasteiger partial charge < -0.3 is 15.6 Å². The molecule has 1 aliphatic carbocycles. The van der Waals surface area contributed by atoms with Crippen LogP contribution in [-0.4, -0.2) is 17.3 Å². The third-order valence-corrected chi connectivity index (χ3v) is 2.66. The fourth-order valence-corrected chi connectivity index (χ4v) is 1.97. The summed E-state index contributed by atoms with van der Waals surface area (Å²) in [5, 5.41) is 9.73. The van der Waals surface area contributed by atoms with E-state index >= 15 is 0 Å². The number of hydrogen-bond acceptors (Lipinski definition) is 3. The SMILES string of the molecule is NC(=O)OC1c2ccccc2CCC1O. The Kier molecular flexibility index (Phi) is 2.60. The second-order valence-corrected chi connectivity index (χ2v) is 3.66. The first-order valence-corrected chi connectivity index (χ1v) is 4.90. The molecular formula is C11H13NO3. The van der Waals surface area contributed by atoms with Crippen LogP contribution in [0.4, 0.5) is 4.79 Å². The molecular weight excluding hydrogens is 194 g/mol. The van der Waals surface area contributed by atoms with E-state index in [2.05, 4.69) is 0 Å². The van der Waals surface area contributed by atoms with Gasteiger partial charge in [0.25, 0.3) is 0 Å². The average molecular weight is 207 g/mol. The second-order valence-electron chi connectivity index (χ2n) is 3.66. The van der Waals surface area contributed by atoms with Crippen LogP contribution >= 0.6 is 0 Å². The van der Waals surface area contributed by atoms with Crippen LogP contribution in [0.1, 0.15) is 23.7 Å². The van der Waals surface area contributed by atoms with Gasteiger partial charge in [0, 0.05) is 0 Å². The monoisotopic (exact) mass is 207 g/mol. The smallest absolute Gasteiger partial charge is 0.405 e. The van der Waals surface area contributed by atoms with Crippen molar-refractivity contribution >= 4 is 6.09 Å². The van der Waals surface area contributed by atoms with Crippen molar-refractivity contribution in [1.82, 2.24) is 0 Å². The quantitative estimate of drug-likeness (QED) is 0.725.